The van der Waals surface area contributed by atoms with Crippen LogP contribution in [0, 0.1) is 6.92 Å². The van der Waals surface area contributed by atoms with Gasteiger partial charge in [-0.2, -0.15) is 0 Å². The van der Waals surface area contributed by atoms with E-state index in [0.29, 0.717) is 5.56 Å². The summed E-state index contributed by atoms with van der Waals surface area (Å²) in [4.78, 5) is 1.54. The largest absolute Gasteiger partial charge is 0.367 e. The van der Waals surface area contributed by atoms with E-state index in [-0.39, 0.29) is 12.1 Å². The molecule has 2 aromatic rings. The fraction of sp³-hybridized carbons (Fsp3) is 0.333. The summed E-state index contributed by atoms with van der Waals surface area (Å²) in [5.41, 5.74) is 0.358. The van der Waals surface area contributed by atoms with Crippen LogP contribution >= 0.6 is 0 Å². The van der Waals surface area contributed by atoms with Gasteiger partial charge in [0.05, 0.1) is 17.5 Å². The lowest BCUT2D eigenvalue weighted by molar-refractivity contribution is 0.0683. The third-order valence-corrected chi connectivity index (χ3v) is 2.67. The maximum atomic E-state index is 9.04. The first kappa shape index (κ1) is 7.39. The minimum absolute atomic E-state index is 0.182. The minimum atomic E-state index is -2.35. The molecule has 0 bridgehead atoms. The lowest BCUT2D eigenvalue weighted by atomic mass is 9.97. The van der Waals surface area contributed by atoms with Crippen molar-refractivity contribution in [2.24, 2.45) is 0 Å². The smallest absolute Gasteiger partial charge is 0.108 e. The Kier molecular flexibility index (Phi) is 2.67. The van der Waals surface area contributed by atoms with Crippen molar-refractivity contribution in [3.8, 4) is 0 Å². The molecular formula is C18H23NO. The molecule has 1 atom stereocenters. The number of nitrogens with zero attached hydrogens (tertiary/aromatic N) is 1. The quantitative estimate of drug-likeness (QED) is 0.799. The average molecular weight is 277 g/mol. The van der Waals surface area contributed by atoms with Crippen LogP contribution in [0.25, 0.3) is 0 Å². The lowest BCUT2D eigenvalue weighted by Crippen LogP contribution is -2.20. The van der Waals surface area contributed by atoms with Crippen LogP contribution in [-0.4, -0.2) is 32.1 Å². The van der Waals surface area contributed by atoms with Crippen LogP contribution in [0.3, 0.4) is 0 Å². The molecule has 0 amide bonds. The Bertz CT molecular complexity index is 857. The van der Waals surface area contributed by atoms with Crippen molar-refractivity contribution < 1.29 is 15.7 Å². The molecule has 2 aromatic carbocycles. The predicted molar refractivity (Wildman–Crippen MR) is 84.0 cm³/mol. The van der Waals surface area contributed by atoms with Crippen molar-refractivity contribution in [3.63, 3.8) is 0 Å². The molecule has 0 heterocycles. The fourth-order valence-corrected chi connectivity index (χ4v) is 1.67. The van der Waals surface area contributed by atoms with E-state index in [9.17, 15) is 0 Å². The number of rotatable bonds is 6. The summed E-state index contributed by atoms with van der Waals surface area (Å²) in [6.07, 6.45) is -2.35. The summed E-state index contributed by atoms with van der Waals surface area (Å²) in [5.74, 6) is 0. The van der Waals surface area contributed by atoms with Gasteiger partial charge in [0, 0.05) is 6.54 Å². The highest BCUT2D eigenvalue weighted by Crippen LogP contribution is 2.28. The van der Waals surface area contributed by atoms with E-state index in [2.05, 4.69) is 0 Å². The van der Waals surface area contributed by atoms with E-state index in [0.717, 1.165) is 0 Å². The van der Waals surface area contributed by atoms with Crippen molar-refractivity contribution in [2.75, 3.05) is 27.2 Å². The minimum Gasteiger partial charge on any atom is -0.367 e. The van der Waals surface area contributed by atoms with Crippen molar-refractivity contribution in [1.29, 1.82) is 0 Å². The maximum Gasteiger partial charge on any atom is 0.108 e. The van der Waals surface area contributed by atoms with Gasteiger partial charge < -0.3 is 9.64 Å². The van der Waals surface area contributed by atoms with Crippen LogP contribution in [-0.2, 0) is 4.74 Å². The Morgan fingerprint density at radius 3 is 2.60 bits per heavy atom. The van der Waals surface area contributed by atoms with Gasteiger partial charge in [0.15, 0.2) is 0 Å². The summed E-state index contributed by atoms with van der Waals surface area (Å²) in [6, 6.07) is 3.63. The number of hydrogen-bond donors (Lipinski definition) is 0. The van der Waals surface area contributed by atoms with Crippen molar-refractivity contribution >= 4 is 0 Å². The molecule has 0 radical (unpaired) electrons. The molecular weight excluding hydrogens is 246 g/mol. The Balaban J connectivity index is 2.83. The SMILES string of the molecule is [2H]c1c([2H])c([2H])c(C([2H])(OC([2H])([2H])CN(C)C)c2ccccc2C)c([2H])c1[2H]. The molecule has 0 saturated heterocycles. The second-order valence-corrected chi connectivity index (χ2v) is 4.63. The van der Waals surface area contributed by atoms with Gasteiger partial charge in [-0.25, -0.2) is 0 Å². The van der Waals surface area contributed by atoms with Gasteiger partial charge in [-0.05, 0) is 37.7 Å². The monoisotopic (exact) mass is 277 g/mol. The third-order valence-electron chi connectivity index (χ3n) is 2.67. The zero-order valence-corrected chi connectivity index (χ0v) is 11.9. The normalized spacial score (nSPS) is 20.6. The van der Waals surface area contributed by atoms with Crippen molar-refractivity contribution in [1.82, 2.24) is 4.90 Å². The molecule has 2 rings (SSSR count). The van der Waals surface area contributed by atoms with Crippen LogP contribution in [0.2, 0.25) is 0 Å². The number of hydrogen-bond acceptors (Lipinski definition) is 2. The summed E-state index contributed by atoms with van der Waals surface area (Å²) < 4.78 is 71.2. The van der Waals surface area contributed by atoms with E-state index >= 15 is 0 Å². The van der Waals surface area contributed by atoms with Crippen LogP contribution in [0.15, 0.2) is 54.5 Å². The van der Waals surface area contributed by atoms with Crippen LogP contribution in [0.5, 0.6) is 0 Å². The molecule has 1 unspecified atom stereocenters. The Morgan fingerprint density at radius 2 is 1.95 bits per heavy atom. The molecule has 0 aliphatic rings. The molecule has 0 saturated carbocycles. The fourth-order valence-electron chi connectivity index (χ4n) is 1.67. The van der Waals surface area contributed by atoms with Gasteiger partial charge in [-0.15, -0.1) is 0 Å². The zero-order chi connectivity index (χ0) is 21.4. The first-order valence-corrected chi connectivity index (χ1v) is 6.30. The van der Waals surface area contributed by atoms with Gasteiger partial charge in [-0.3, -0.25) is 0 Å². The second-order valence-electron chi connectivity index (χ2n) is 4.63. The van der Waals surface area contributed by atoms with Crippen LogP contribution in [0.1, 0.15) is 33.7 Å². The van der Waals surface area contributed by atoms with Gasteiger partial charge in [-0.1, -0.05) is 54.5 Å². The van der Waals surface area contributed by atoms with Crippen molar-refractivity contribution in [3.05, 3.63) is 71.2 Å². The molecule has 2 heteroatoms. The standard InChI is InChI=1S/C18H23NO/c1-15-9-7-8-12-17(15)18(20-14-13-19(2)3)16-10-5-4-6-11-16/h4-12,18H,13-14H2,1-3H3/i4D,5D,6D,10D,11D,14D2,18D. The number of ether oxygens (including phenoxy) is 1. The molecule has 0 aromatic heterocycles. The first-order valence-electron chi connectivity index (χ1n) is 10.3. The van der Waals surface area contributed by atoms with Gasteiger partial charge in [0.1, 0.15) is 6.08 Å². The highest BCUT2D eigenvalue weighted by Gasteiger charge is 2.16. The topological polar surface area (TPSA) is 12.5 Å². The average Bonchev–Trinajstić information content (AvgIpc) is 2.57. The Morgan fingerprint density at radius 1 is 1.25 bits per heavy atom. The molecule has 0 spiro atoms. The third kappa shape index (κ3) is 3.92. The van der Waals surface area contributed by atoms with Gasteiger partial charge in [0.2, 0.25) is 0 Å². The molecule has 20 heavy (non-hydrogen) atoms. The van der Waals surface area contributed by atoms with Gasteiger partial charge >= 0.3 is 0 Å². The summed E-state index contributed by atoms with van der Waals surface area (Å²) in [6.45, 7) is -0.812. The van der Waals surface area contributed by atoms with E-state index in [1.807, 2.05) is 0 Å². The molecule has 106 valence electrons. The van der Waals surface area contributed by atoms with Crippen molar-refractivity contribution in [2.45, 2.75) is 13.0 Å². The lowest BCUT2D eigenvalue weighted by Gasteiger charge is -2.22. The number of aryl methyl sites for hydroxylation is 1. The molecule has 0 aliphatic heterocycles. The summed E-state index contributed by atoms with van der Waals surface area (Å²) >= 11 is 0. The first-order chi connectivity index (χ1) is 12.8. The van der Waals surface area contributed by atoms with Crippen LogP contribution in [0.4, 0.5) is 0 Å². The summed E-state index contributed by atoms with van der Waals surface area (Å²) in [5, 5.41) is 0. The Hall–Kier alpha value is -1.64. The molecule has 0 fully saturated rings. The summed E-state index contributed by atoms with van der Waals surface area (Å²) in [7, 11) is 3.29. The van der Waals surface area contributed by atoms with E-state index in [1.165, 1.54) is 6.07 Å². The molecule has 0 N–H and O–H groups in total. The zero-order valence-electron chi connectivity index (χ0n) is 19.9. The van der Waals surface area contributed by atoms with E-state index in [1.54, 1.807) is 44.1 Å². The highest BCUT2D eigenvalue weighted by molar-refractivity contribution is 5.35. The molecule has 2 nitrogen and oxygen atoms in total. The second kappa shape index (κ2) is 7.22. The maximum absolute atomic E-state index is 9.04. The Labute approximate surface area is 133 Å². The highest BCUT2D eigenvalue weighted by atomic mass is 16.5. The van der Waals surface area contributed by atoms with E-state index in [4.69, 9.17) is 15.7 Å². The van der Waals surface area contributed by atoms with Crippen LogP contribution < -0.4 is 0 Å². The number of likely N-dealkylation sites (N-methyl/N-ethyl adjacent to an activating group) is 1. The predicted octanol–water partition coefficient (Wildman–Crippen LogP) is 3.66. The molecule has 0 aliphatic carbocycles. The van der Waals surface area contributed by atoms with E-state index < -0.39 is 48.4 Å². The van der Waals surface area contributed by atoms with Gasteiger partial charge in [0.25, 0.3) is 0 Å². The number of benzene rings is 2.